The Kier molecular flexibility index (Phi) is 3.96. The summed E-state index contributed by atoms with van der Waals surface area (Å²) in [5.74, 6) is -0.487. The van der Waals surface area contributed by atoms with Crippen molar-refractivity contribution in [1.29, 1.82) is 0 Å². The smallest absolute Gasteiger partial charge is 0.331 e. The molecular weight excluding hydrogens is 280 g/mol. The van der Waals surface area contributed by atoms with Gasteiger partial charge in [0.15, 0.2) is 11.8 Å². The molecule has 0 aliphatic carbocycles. The molecule has 1 aliphatic rings. The van der Waals surface area contributed by atoms with Gasteiger partial charge in [0, 0.05) is 18.1 Å². The van der Waals surface area contributed by atoms with E-state index in [1.807, 2.05) is 60.7 Å². The molecule has 1 atom stereocenters. The third kappa shape index (κ3) is 2.88. The molecular formula is C17H14N2O3. The van der Waals surface area contributed by atoms with E-state index in [1.165, 1.54) is 6.92 Å². The van der Waals surface area contributed by atoms with Gasteiger partial charge >= 0.3 is 5.97 Å². The van der Waals surface area contributed by atoms with E-state index in [1.54, 1.807) is 0 Å². The Morgan fingerprint density at radius 2 is 1.73 bits per heavy atom. The van der Waals surface area contributed by atoms with Crippen molar-refractivity contribution in [3.8, 4) is 0 Å². The highest BCUT2D eigenvalue weighted by molar-refractivity contribution is 6.50. The summed E-state index contributed by atoms with van der Waals surface area (Å²) in [6.45, 7) is 1.30. The molecule has 0 amide bonds. The van der Waals surface area contributed by atoms with Crippen LogP contribution in [0.2, 0.25) is 0 Å². The molecule has 2 aromatic rings. The van der Waals surface area contributed by atoms with Gasteiger partial charge in [0.25, 0.3) is 0 Å². The molecule has 2 aromatic carbocycles. The number of carbonyl (C=O) groups is 1. The highest BCUT2D eigenvalue weighted by Gasteiger charge is 2.33. The van der Waals surface area contributed by atoms with E-state index >= 15 is 0 Å². The molecule has 1 heterocycles. The van der Waals surface area contributed by atoms with Gasteiger partial charge < -0.3 is 9.68 Å². The Morgan fingerprint density at radius 3 is 2.36 bits per heavy atom. The van der Waals surface area contributed by atoms with Gasteiger partial charge in [-0.25, -0.2) is 4.79 Å². The maximum Gasteiger partial charge on any atom is 0.331 e. The Bertz CT molecular complexity index is 724. The zero-order chi connectivity index (χ0) is 15.4. The molecule has 0 spiro atoms. The van der Waals surface area contributed by atoms with Crippen molar-refractivity contribution >= 4 is 17.4 Å². The average molecular weight is 294 g/mol. The van der Waals surface area contributed by atoms with Crippen LogP contribution in [0.15, 0.2) is 71.0 Å². The fourth-order valence-electron chi connectivity index (χ4n) is 2.17. The Morgan fingerprint density at radius 1 is 1.09 bits per heavy atom. The second-order valence-electron chi connectivity index (χ2n) is 4.76. The summed E-state index contributed by atoms with van der Waals surface area (Å²) in [6, 6.07) is 19.1. The topological polar surface area (TPSA) is 60.2 Å². The van der Waals surface area contributed by atoms with E-state index in [2.05, 4.69) is 10.3 Å². The first kappa shape index (κ1) is 14.0. The highest BCUT2D eigenvalue weighted by Crippen LogP contribution is 2.27. The SMILES string of the molecule is CC(=O)O/N=C1/C(c2ccccc2)=NOC1c1ccccc1. The Hall–Kier alpha value is -2.95. The van der Waals surface area contributed by atoms with Crippen LogP contribution in [-0.2, 0) is 14.5 Å². The largest absolute Gasteiger partial charge is 0.380 e. The van der Waals surface area contributed by atoms with E-state index < -0.39 is 12.1 Å². The van der Waals surface area contributed by atoms with Crippen LogP contribution in [0.25, 0.3) is 0 Å². The van der Waals surface area contributed by atoms with Gasteiger partial charge in [0.05, 0.1) is 0 Å². The average Bonchev–Trinajstić information content (AvgIpc) is 2.98. The monoisotopic (exact) mass is 294 g/mol. The summed E-state index contributed by atoms with van der Waals surface area (Å²) >= 11 is 0. The fraction of sp³-hybridized carbons (Fsp3) is 0.118. The number of benzene rings is 2. The van der Waals surface area contributed by atoms with E-state index in [4.69, 9.17) is 9.68 Å². The standard InChI is InChI=1S/C17H14N2O3/c1-12(20)21-19-16-15(13-8-4-2-5-9-13)18-22-17(16)14-10-6-3-7-11-14/h2-11,17H,1H3/b19-16-. The van der Waals surface area contributed by atoms with Gasteiger partial charge in [-0.1, -0.05) is 71.0 Å². The lowest BCUT2D eigenvalue weighted by atomic mass is 9.98. The van der Waals surface area contributed by atoms with Crippen LogP contribution in [0.4, 0.5) is 0 Å². The minimum absolute atomic E-state index is 0.479. The molecule has 0 aromatic heterocycles. The third-order valence-electron chi connectivity index (χ3n) is 3.16. The van der Waals surface area contributed by atoms with E-state index in [0.717, 1.165) is 11.1 Å². The lowest BCUT2D eigenvalue weighted by Crippen LogP contribution is -2.19. The van der Waals surface area contributed by atoms with Crippen molar-refractivity contribution < 1.29 is 14.5 Å². The number of hydrogen-bond acceptors (Lipinski definition) is 5. The van der Waals surface area contributed by atoms with Gasteiger partial charge in [-0.15, -0.1) is 0 Å². The maximum atomic E-state index is 11.1. The normalized spacial score (nSPS) is 18.7. The van der Waals surface area contributed by atoms with E-state index in [9.17, 15) is 4.79 Å². The van der Waals surface area contributed by atoms with Crippen LogP contribution in [0, 0.1) is 0 Å². The first-order valence-corrected chi connectivity index (χ1v) is 6.86. The quantitative estimate of drug-likeness (QED) is 0.645. The number of oxime groups is 2. The van der Waals surface area contributed by atoms with Gasteiger partial charge in [0.2, 0.25) is 0 Å². The van der Waals surface area contributed by atoms with Crippen LogP contribution in [-0.4, -0.2) is 17.4 Å². The first-order chi connectivity index (χ1) is 10.8. The first-order valence-electron chi connectivity index (χ1n) is 6.86. The second-order valence-corrected chi connectivity index (χ2v) is 4.76. The summed E-state index contributed by atoms with van der Waals surface area (Å²) in [7, 11) is 0. The molecule has 0 saturated heterocycles. The number of rotatable bonds is 3. The van der Waals surface area contributed by atoms with Crippen LogP contribution in [0.5, 0.6) is 0 Å². The van der Waals surface area contributed by atoms with Crippen LogP contribution < -0.4 is 0 Å². The van der Waals surface area contributed by atoms with Crippen LogP contribution in [0.1, 0.15) is 24.2 Å². The zero-order valence-electron chi connectivity index (χ0n) is 12.0. The van der Waals surface area contributed by atoms with Crippen molar-refractivity contribution in [3.05, 3.63) is 71.8 Å². The lowest BCUT2D eigenvalue weighted by Gasteiger charge is -2.10. The highest BCUT2D eigenvalue weighted by atomic mass is 16.7. The van der Waals surface area contributed by atoms with E-state index in [0.29, 0.717) is 11.4 Å². The fourth-order valence-corrected chi connectivity index (χ4v) is 2.17. The minimum atomic E-state index is -0.490. The third-order valence-corrected chi connectivity index (χ3v) is 3.16. The predicted molar refractivity (Wildman–Crippen MR) is 82.4 cm³/mol. The number of nitrogens with zero attached hydrogens (tertiary/aromatic N) is 2. The van der Waals surface area contributed by atoms with Crippen molar-refractivity contribution in [3.63, 3.8) is 0 Å². The molecule has 0 saturated carbocycles. The van der Waals surface area contributed by atoms with Gasteiger partial charge in [-0.3, -0.25) is 0 Å². The molecule has 3 rings (SSSR count). The molecule has 22 heavy (non-hydrogen) atoms. The van der Waals surface area contributed by atoms with Crippen molar-refractivity contribution in [2.24, 2.45) is 10.3 Å². The van der Waals surface area contributed by atoms with Crippen LogP contribution in [0.3, 0.4) is 0 Å². The molecule has 0 bridgehead atoms. The predicted octanol–water partition coefficient (Wildman–Crippen LogP) is 3.08. The Labute approximate surface area is 127 Å². The second kappa shape index (κ2) is 6.22. The van der Waals surface area contributed by atoms with Crippen molar-refractivity contribution in [2.45, 2.75) is 13.0 Å². The molecule has 0 radical (unpaired) electrons. The van der Waals surface area contributed by atoms with Crippen molar-refractivity contribution in [1.82, 2.24) is 0 Å². The summed E-state index contributed by atoms with van der Waals surface area (Å²) in [4.78, 5) is 21.4. The number of carbonyl (C=O) groups excluding carboxylic acids is 1. The molecule has 5 heteroatoms. The molecule has 1 aliphatic heterocycles. The summed E-state index contributed by atoms with van der Waals surface area (Å²) in [5.41, 5.74) is 2.79. The molecule has 0 N–H and O–H groups in total. The Balaban J connectivity index is 1.98. The van der Waals surface area contributed by atoms with Gasteiger partial charge in [0.1, 0.15) is 5.71 Å². The van der Waals surface area contributed by atoms with E-state index in [-0.39, 0.29) is 0 Å². The van der Waals surface area contributed by atoms with Crippen molar-refractivity contribution in [2.75, 3.05) is 0 Å². The minimum Gasteiger partial charge on any atom is -0.380 e. The maximum absolute atomic E-state index is 11.1. The summed E-state index contributed by atoms with van der Waals surface area (Å²) in [6.07, 6.45) is -0.490. The van der Waals surface area contributed by atoms with Gasteiger partial charge in [-0.2, -0.15) is 0 Å². The molecule has 1 unspecified atom stereocenters. The van der Waals surface area contributed by atoms with Gasteiger partial charge in [-0.05, 0) is 0 Å². The lowest BCUT2D eigenvalue weighted by molar-refractivity contribution is -0.140. The summed E-state index contributed by atoms with van der Waals surface area (Å²) < 4.78 is 0. The molecule has 0 fully saturated rings. The molecule has 5 nitrogen and oxygen atoms in total. The summed E-state index contributed by atoms with van der Waals surface area (Å²) in [5, 5.41) is 8.07. The van der Waals surface area contributed by atoms with Crippen LogP contribution >= 0.6 is 0 Å². The number of hydrogen-bond donors (Lipinski definition) is 0. The zero-order valence-corrected chi connectivity index (χ0v) is 12.0. The molecule has 110 valence electrons.